The van der Waals surface area contributed by atoms with Gasteiger partial charge in [0.1, 0.15) is 17.5 Å². The molecule has 4 heteroatoms. The Morgan fingerprint density at radius 3 is 2.33 bits per heavy atom. The van der Waals surface area contributed by atoms with E-state index >= 15 is 0 Å². The zero-order chi connectivity index (χ0) is 15.4. The lowest BCUT2D eigenvalue weighted by Crippen LogP contribution is -2.19. The lowest BCUT2D eigenvalue weighted by molar-refractivity contribution is 0.547. The molecule has 0 spiro atoms. The van der Waals surface area contributed by atoms with E-state index in [-0.39, 0.29) is 11.6 Å². The van der Waals surface area contributed by atoms with Gasteiger partial charge in [0.15, 0.2) is 0 Å². The molecule has 0 aliphatic carbocycles. The standard InChI is InChI=1S/C17H18F3N/c1-3-7-21-11(2)12-5-4-6-13(8-12)17-15(19)9-14(18)10-16(17)20/h4-6,8-11,21H,3,7H2,1-2H3. The number of halogens is 3. The Morgan fingerprint density at radius 2 is 1.71 bits per heavy atom. The summed E-state index contributed by atoms with van der Waals surface area (Å²) in [5, 5.41) is 3.32. The van der Waals surface area contributed by atoms with E-state index < -0.39 is 17.5 Å². The molecule has 112 valence electrons. The van der Waals surface area contributed by atoms with Gasteiger partial charge in [-0.2, -0.15) is 0 Å². The summed E-state index contributed by atoms with van der Waals surface area (Å²) < 4.78 is 40.7. The largest absolute Gasteiger partial charge is 0.310 e. The van der Waals surface area contributed by atoms with Crippen molar-refractivity contribution in [2.75, 3.05) is 6.54 Å². The van der Waals surface area contributed by atoms with Crippen molar-refractivity contribution in [1.29, 1.82) is 0 Å². The van der Waals surface area contributed by atoms with Crippen molar-refractivity contribution >= 4 is 0 Å². The lowest BCUT2D eigenvalue weighted by Gasteiger charge is -2.15. The quantitative estimate of drug-likeness (QED) is 0.832. The molecule has 0 bridgehead atoms. The number of rotatable bonds is 5. The van der Waals surface area contributed by atoms with Gasteiger partial charge in [0.05, 0.1) is 5.56 Å². The van der Waals surface area contributed by atoms with Crippen LogP contribution in [0.25, 0.3) is 11.1 Å². The van der Waals surface area contributed by atoms with E-state index in [1.165, 1.54) is 0 Å². The van der Waals surface area contributed by atoms with E-state index in [9.17, 15) is 13.2 Å². The molecule has 1 nitrogen and oxygen atoms in total. The Hall–Kier alpha value is -1.81. The highest BCUT2D eigenvalue weighted by Gasteiger charge is 2.14. The van der Waals surface area contributed by atoms with Crippen molar-refractivity contribution in [2.24, 2.45) is 0 Å². The fourth-order valence-electron chi connectivity index (χ4n) is 2.26. The third kappa shape index (κ3) is 3.64. The Bertz CT molecular complexity index is 602. The molecule has 21 heavy (non-hydrogen) atoms. The van der Waals surface area contributed by atoms with Crippen molar-refractivity contribution in [2.45, 2.75) is 26.3 Å². The summed E-state index contributed by atoms with van der Waals surface area (Å²) in [6.45, 7) is 4.93. The Labute approximate surface area is 122 Å². The summed E-state index contributed by atoms with van der Waals surface area (Å²) in [5.41, 5.74) is 1.15. The van der Waals surface area contributed by atoms with Gasteiger partial charge in [-0.05, 0) is 37.1 Å². The van der Waals surface area contributed by atoms with Crippen LogP contribution in [0.1, 0.15) is 31.9 Å². The van der Waals surface area contributed by atoms with Crippen LogP contribution in [-0.2, 0) is 0 Å². The number of hydrogen-bond acceptors (Lipinski definition) is 1. The van der Waals surface area contributed by atoms with Gasteiger partial charge in [0, 0.05) is 18.2 Å². The predicted molar refractivity (Wildman–Crippen MR) is 78.5 cm³/mol. The molecule has 2 aromatic rings. The molecular formula is C17H18F3N. The molecule has 0 aliphatic rings. The van der Waals surface area contributed by atoms with Crippen molar-refractivity contribution in [1.82, 2.24) is 5.32 Å². The van der Waals surface area contributed by atoms with E-state index in [1.54, 1.807) is 18.2 Å². The minimum atomic E-state index is -0.914. The molecule has 0 saturated heterocycles. The summed E-state index contributed by atoms with van der Waals surface area (Å²) in [5.74, 6) is -2.69. The average Bonchev–Trinajstić information content (AvgIpc) is 2.44. The summed E-state index contributed by atoms with van der Waals surface area (Å²) in [7, 11) is 0. The molecule has 1 atom stereocenters. The van der Waals surface area contributed by atoms with Gasteiger partial charge in [-0.15, -0.1) is 0 Å². The maximum Gasteiger partial charge on any atom is 0.136 e. The zero-order valence-corrected chi connectivity index (χ0v) is 12.1. The summed E-state index contributed by atoms with van der Waals surface area (Å²) >= 11 is 0. The maximum atomic E-state index is 13.8. The molecule has 0 saturated carbocycles. The van der Waals surface area contributed by atoms with E-state index in [0.717, 1.165) is 18.5 Å². The molecule has 2 aromatic carbocycles. The van der Waals surface area contributed by atoms with E-state index in [0.29, 0.717) is 17.7 Å². The molecule has 0 heterocycles. The van der Waals surface area contributed by atoms with Crippen molar-refractivity contribution in [3.05, 3.63) is 59.4 Å². The minimum absolute atomic E-state index is 0.0801. The predicted octanol–water partition coefficient (Wildman–Crippen LogP) is 4.83. The van der Waals surface area contributed by atoms with Crippen LogP contribution >= 0.6 is 0 Å². The van der Waals surface area contributed by atoms with Gasteiger partial charge in [-0.1, -0.05) is 25.1 Å². The summed E-state index contributed by atoms with van der Waals surface area (Å²) in [6, 6.07) is 8.47. The Balaban J connectivity index is 2.38. The van der Waals surface area contributed by atoms with Crippen molar-refractivity contribution in [3.63, 3.8) is 0 Å². The SMILES string of the molecule is CCCNC(C)c1cccc(-c2c(F)cc(F)cc2F)c1. The number of benzene rings is 2. The van der Waals surface area contributed by atoms with Gasteiger partial charge in [-0.25, -0.2) is 13.2 Å². The third-order valence-electron chi connectivity index (χ3n) is 3.38. The molecule has 0 aromatic heterocycles. The van der Waals surface area contributed by atoms with Gasteiger partial charge in [0.2, 0.25) is 0 Å². The maximum absolute atomic E-state index is 13.8. The van der Waals surface area contributed by atoms with Crippen LogP contribution in [-0.4, -0.2) is 6.54 Å². The molecule has 1 N–H and O–H groups in total. The second-order valence-electron chi connectivity index (χ2n) is 5.05. The summed E-state index contributed by atoms with van der Waals surface area (Å²) in [4.78, 5) is 0. The van der Waals surface area contributed by atoms with Crippen LogP contribution in [0.4, 0.5) is 13.2 Å². The molecular weight excluding hydrogens is 275 g/mol. The first-order valence-electron chi connectivity index (χ1n) is 7.01. The fourth-order valence-corrected chi connectivity index (χ4v) is 2.26. The average molecular weight is 293 g/mol. The van der Waals surface area contributed by atoms with E-state index in [2.05, 4.69) is 12.2 Å². The first kappa shape index (κ1) is 15.6. The number of hydrogen-bond donors (Lipinski definition) is 1. The second-order valence-corrected chi connectivity index (χ2v) is 5.05. The minimum Gasteiger partial charge on any atom is -0.310 e. The third-order valence-corrected chi connectivity index (χ3v) is 3.38. The van der Waals surface area contributed by atoms with Crippen LogP contribution in [0.15, 0.2) is 36.4 Å². The van der Waals surface area contributed by atoms with Crippen LogP contribution in [0.5, 0.6) is 0 Å². The highest BCUT2D eigenvalue weighted by Crippen LogP contribution is 2.28. The van der Waals surface area contributed by atoms with Crippen LogP contribution < -0.4 is 5.32 Å². The topological polar surface area (TPSA) is 12.0 Å². The van der Waals surface area contributed by atoms with Crippen molar-refractivity contribution in [3.8, 4) is 11.1 Å². The zero-order valence-electron chi connectivity index (χ0n) is 12.1. The molecule has 0 radical (unpaired) electrons. The van der Waals surface area contributed by atoms with E-state index in [1.807, 2.05) is 13.0 Å². The van der Waals surface area contributed by atoms with Gasteiger partial charge in [-0.3, -0.25) is 0 Å². The van der Waals surface area contributed by atoms with Crippen LogP contribution in [0.3, 0.4) is 0 Å². The molecule has 1 unspecified atom stereocenters. The Morgan fingerprint density at radius 1 is 1.05 bits per heavy atom. The molecule has 0 amide bonds. The smallest absolute Gasteiger partial charge is 0.136 e. The van der Waals surface area contributed by atoms with Gasteiger partial charge in [0.25, 0.3) is 0 Å². The summed E-state index contributed by atoms with van der Waals surface area (Å²) in [6.07, 6.45) is 1.01. The van der Waals surface area contributed by atoms with Crippen LogP contribution in [0, 0.1) is 17.5 Å². The van der Waals surface area contributed by atoms with Crippen molar-refractivity contribution < 1.29 is 13.2 Å². The fraction of sp³-hybridized carbons (Fsp3) is 0.294. The van der Waals surface area contributed by atoms with E-state index in [4.69, 9.17) is 0 Å². The molecule has 0 fully saturated rings. The van der Waals surface area contributed by atoms with Gasteiger partial charge >= 0.3 is 0 Å². The van der Waals surface area contributed by atoms with Gasteiger partial charge < -0.3 is 5.32 Å². The highest BCUT2D eigenvalue weighted by molar-refractivity contribution is 5.65. The Kier molecular flexibility index (Phi) is 5.02. The lowest BCUT2D eigenvalue weighted by atomic mass is 9.99. The molecule has 2 rings (SSSR count). The first-order chi connectivity index (χ1) is 10.0. The van der Waals surface area contributed by atoms with Crippen LogP contribution in [0.2, 0.25) is 0 Å². The monoisotopic (exact) mass is 293 g/mol. The second kappa shape index (κ2) is 6.76. The highest BCUT2D eigenvalue weighted by atomic mass is 19.1. The normalized spacial score (nSPS) is 12.4. The first-order valence-corrected chi connectivity index (χ1v) is 7.01. The molecule has 0 aliphatic heterocycles. The number of nitrogens with one attached hydrogen (secondary N) is 1.